The maximum atomic E-state index is 13.9. The number of aromatic nitrogens is 3. The van der Waals surface area contributed by atoms with Crippen LogP contribution in [0, 0.1) is 5.92 Å². The number of aliphatic hydroxyl groups excluding tert-OH is 1. The molecule has 1 saturated heterocycles. The van der Waals surface area contributed by atoms with Crippen LogP contribution in [0.1, 0.15) is 47.6 Å². The molecular weight excluding hydrogens is 545 g/mol. The number of carbonyl (C=O) groups is 1. The van der Waals surface area contributed by atoms with E-state index in [0.717, 1.165) is 44.1 Å². The molecule has 1 aliphatic carbocycles. The van der Waals surface area contributed by atoms with E-state index in [2.05, 4.69) is 28.8 Å². The molecule has 7 nitrogen and oxygen atoms in total. The monoisotopic (exact) mass is 574 g/mol. The van der Waals surface area contributed by atoms with Crippen LogP contribution in [0.15, 0.2) is 79.5 Å². The number of aliphatic hydroxyl groups is 1. The van der Waals surface area contributed by atoms with Gasteiger partial charge in [0.2, 0.25) is 5.91 Å². The van der Waals surface area contributed by atoms with Gasteiger partial charge in [0.05, 0.1) is 17.5 Å². The van der Waals surface area contributed by atoms with Gasteiger partial charge in [0.25, 0.3) is 0 Å². The maximum absolute atomic E-state index is 13.9. The van der Waals surface area contributed by atoms with E-state index in [9.17, 15) is 23.1 Å². The number of pyridine rings is 1. The Morgan fingerprint density at radius 3 is 2.50 bits per heavy atom. The van der Waals surface area contributed by atoms with E-state index in [4.69, 9.17) is 4.74 Å². The molecule has 2 aliphatic rings. The van der Waals surface area contributed by atoms with Crippen LogP contribution in [0.5, 0.6) is 5.75 Å². The van der Waals surface area contributed by atoms with Crippen molar-refractivity contribution in [1.29, 1.82) is 0 Å². The standard InChI is InChI=1S/C32H29F3N4O3/c1-20(40)26-17-36-39(30(26)32(33,34)35)29-8-4-6-27(37-29)25-5-2-3-7-28(25)42-19-21-9-11-22(12-10-21)24-15-16-38(18-24)31(41)23-13-14-23/h2-12,17,23-24,40H,1,13-16,18-19H2. The van der Waals surface area contributed by atoms with Gasteiger partial charge < -0.3 is 14.7 Å². The summed E-state index contributed by atoms with van der Waals surface area (Å²) in [4.78, 5) is 18.8. The quantitative estimate of drug-likeness (QED) is 0.235. The number of likely N-dealkylation sites (tertiary alicyclic amines) is 1. The van der Waals surface area contributed by atoms with E-state index in [1.54, 1.807) is 30.3 Å². The maximum Gasteiger partial charge on any atom is 0.434 e. The van der Waals surface area contributed by atoms with E-state index in [1.165, 1.54) is 11.6 Å². The van der Waals surface area contributed by atoms with Gasteiger partial charge in [-0.2, -0.15) is 18.3 Å². The van der Waals surface area contributed by atoms with Gasteiger partial charge in [-0.15, -0.1) is 0 Å². The van der Waals surface area contributed by atoms with Gasteiger partial charge in [-0.25, -0.2) is 9.67 Å². The molecule has 0 bridgehead atoms. The molecule has 1 aliphatic heterocycles. The SMILES string of the molecule is C=C(O)c1cnn(-c2cccc(-c3ccccc3OCc3ccc(C4CCN(C(=O)C5CC5)C4)cc3)n2)c1C(F)(F)F. The third-order valence-corrected chi connectivity index (χ3v) is 7.74. The van der Waals surface area contributed by atoms with E-state index < -0.39 is 23.2 Å². The van der Waals surface area contributed by atoms with Gasteiger partial charge in [-0.1, -0.05) is 49.0 Å². The fourth-order valence-electron chi connectivity index (χ4n) is 5.37. The molecule has 1 N–H and O–H groups in total. The summed E-state index contributed by atoms with van der Waals surface area (Å²) in [6.45, 7) is 5.09. The fourth-order valence-corrected chi connectivity index (χ4v) is 5.37. The average Bonchev–Trinajstić information content (AvgIpc) is 3.52. The molecule has 1 atom stereocenters. The second kappa shape index (κ2) is 11.0. The Kier molecular flexibility index (Phi) is 7.22. The zero-order valence-corrected chi connectivity index (χ0v) is 22.7. The molecule has 6 rings (SSSR count). The van der Waals surface area contributed by atoms with E-state index in [-0.39, 0.29) is 18.3 Å². The minimum absolute atomic E-state index is 0.0676. The van der Waals surface area contributed by atoms with E-state index >= 15 is 0 Å². The number of benzene rings is 2. The minimum Gasteiger partial charge on any atom is -0.508 e. The topological polar surface area (TPSA) is 80.5 Å². The molecule has 1 saturated carbocycles. The normalized spacial score (nSPS) is 16.9. The van der Waals surface area contributed by atoms with Gasteiger partial charge >= 0.3 is 6.18 Å². The molecule has 42 heavy (non-hydrogen) atoms. The predicted molar refractivity (Wildman–Crippen MR) is 151 cm³/mol. The molecule has 0 spiro atoms. The summed E-state index contributed by atoms with van der Waals surface area (Å²) in [6.07, 6.45) is -0.878. The largest absolute Gasteiger partial charge is 0.508 e. The van der Waals surface area contributed by atoms with Crippen LogP contribution in [-0.4, -0.2) is 43.8 Å². The molecule has 2 fully saturated rings. The number of para-hydroxylation sites is 1. The number of hydrogen-bond acceptors (Lipinski definition) is 5. The molecule has 1 unspecified atom stereocenters. The first-order valence-electron chi connectivity index (χ1n) is 13.8. The van der Waals surface area contributed by atoms with Crippen molar-refractivity contribution < 1.29 is 27.8 Å². The second-order valence-corrected chi connectivity index (χ2v) is 10.7. The Labute approximate surface area is 240 Å². The Morgan fingerprint density at radius 1 is 1.02 bits per heavy atom. The highest BCUT2D eigenvalue weighted by atomic mass is 19.4. The Balaban J connectivity index is 1.18. The van der Waals surface area contributed by atoms with Gasteiger partial charge in [0.15, 0.2) is 11.5 Å². The number of carbonyl (C=O) groups excluding carboxylic acids is 1. The highest BCUT2D eigenvalue weighted by Gasteiger charge is 2.40. The van der Waals surface area contributed by atoms with Gasteiger partial charge in [0, 0.05) is 30.5 Å². The number of ether oxygens (including phenoxy) is 1. The molecule has 3 heterocycles. The number of rotatable bonds is 8. The highest BCUT2D eigenvalue weighted by Crippen LogP contribution is 2.37. The minimum atomic E-state index is -4.79. The lowest BCUT2D eigenvalue weighted by molar-refractivity contribution is -0.143. The first kappa shape index (κ1) is 27.6. The number of halogens is 3. The van der Waals surface area contributed by atoms with Crippen LogP contribution >= 0.6 is 0 Å². The van der Waals surface area contributed by atoms with Crippen LogP contribution in [0.25, 0.3) is 22.8 Å². The van der Waals surface area contributed by atoms with Crippen LogP contribution in [-0.2, 0) is 17.6 Å². The Hall–Kier alpha value is -4.60. The summed E-state index contributed by atoms with van der Waals surface area (Å²) in [7, 11) is 0. The zero-order chi connectivity index (χ0) is 29.4. The summed E-state index contributed by atoms with van der Waals surface area (Å²) in [6, 6.07) is 20.1. The van der Waals surface area contributed by atoms with Crippen molar-refractivity contribution >= 4 is 11.7 Å². The summed E-state index contributed by atoms with van der Waals surface area (Å²) < 4.78 is 48.4. The predicted octanol–water partition coefficient (Wildman–Crippen LogP) is 6.79. The highest BCUT2D eigenvalue weighted by molar-refractivity contribution is 5.81. The number of nitrogens with zero attached hydrogens (tertiary/aromatic N) is 4. The number of hydrogen-bond donors (Lipinski definition) is 1. The smallest absolute Gasteiger partial charge is 0.434 e. The van der Waals surface area contributed by atoms with Crippen molar-refractivity contribution in [1.82, 2.24) is 19.7 Å². The Bertz CT molecular complexity index is 1630. The molecule has 2 aromatic heterocycles. The third kappa shape index (κ3) is 5.61. The lowest BCUT2D eigenvalue weighted by atomic mass is 9.97. The molecule has 0 radical (unpaired) electrons. The lowest BCUT2D eigenvalue weighted by Crippen LogP contribution is -2.29. The number of amides is 1. The van der Waals surface area contributed by atoms with Crippen LogP contribution in [0.3, 0.4) is 0 Å². The van der Waals surface area contributed by atoms with Gasteiger partial charge in [-0.3, -0.25) is 4.79 Å². The molecule has 1 amide bonds. The van der Waals surface area contributed by atoms with Crippen molar-refractivity contribution in [2.45, 2.75) is 38.0 Å². The molecular formula is C32H29F3N4O3. The molecule has 10 heteroatoms. The summed E-state index contributed by atoms with van der Waals surface area (Å²) in [5.74, 6) is 0.601. The van der Waals surface area contributed by atoms with Crippen LogP contribution in [0.4, 0.5) is 13.2 Å². The van der Waals surface area contributed by atoms with Crippen molar-refractivity contribution in [2.75, 3.05) is 13.1 Å². The van der Waals surface area contributed by atoms with Crippen LogP contribution in [0.2, 0.25) is 0 Å². The third-order valence-electron chi connectivity index (χ3n) is 7.74. The van der Waals surface area contributed by atoms with Crippen molar-refractivity contribution in [2.24, 2.45) is 5.92 Å². The van der Waals surface area contributed by atoms with Crippen molar-refractivity contribution in [3.63, 3.8) is 0 Å². The summed E-state index contributed by atoms with van der Waals surface area (Å²) >= 11 is 0. The fraction of sp³-hybridized carbons (Fsp3) is 0.281. The molecule has 2 aromatic carbocycles. The zero-order valence-electron chi connectivity index (χ0n) is 22.7. The summed E-state index contributed by atoms with van der Waals surface area (Å²) in [5.41, 5.74) is 1.50. The first-order chi connectivity index (χ1) is 20.2. The van der Waals surface area contributed by atoms with Crippen molar-refractivity contribution in [3.05, 3.63) is 102 Å². The first-order valence-corrected chi connectivity index (χ1v) is 13.8. The van der Waals surface area contributed by atoms with Crippen LogP contribution < -0.4 is 4.74 Å². The lowest BCUT2D eigenvalue weighted by Gasteiger charge is -2.17. The van der Waals surface area contributed by atoms with E-state index in [0.29, 0.717) is 33.5 Å². The summed E-state index contributed by atoms with van der Waals surface area (Å²) in [5, 5.41) is 13.5. The van der Waals surface area contributed by atoms with Gasteiger partial charge in [-0.05, 0) is 54.7 Å². The van der Waals surface area contributed by atoms with E-state index in [1.807, 2.05) is 23.1 Å². The second-order valence-electron chi connectivity index (χ2n) is 10.7. The number of alkyl halides is 3. The molecule has 4 aromatic rings. The Morgan fingerprint density at radius 2 is 1.79 bits per heavy atom. The van der Waals surface area contributed by atoms with Gasteiger partial charge in [0.1, 0.15) is 18.1 Å². The molecule has 216 valence electrons. The average molecular weight is 575 g/mol. The van der Waals surface area contributed by atoms with Crippen molar-refractivity contribution in [3.8, 4) is 22.8 Å².